The van der Waals surface area contributed by atoms with Gasteiger partial charge in [-0.3, -0.25) is 14.8 Å². The highest BCUT2D eigenvalue weighted by molar-refractivity contribution is 7.13. The summed E-state index contributed by atoms with van der Waals surface area (Å²) >= 11 is 1.38. The van der Waals surface area contributed by atoms with Crippen molar-refractivity contribution >= 4 is 17.6 Å². The minimum atomic E-state index is 0.436. The average Bonchev–Trinajstić information content (AvgIpc) is 2.67. The number of aromatic nitrogens is 3. The van der Waals surface area contributed by atoms with Crippen molar-refractivity contribution in [2.45, 2.75) is 0 Å². The van der Waals surface area contributed by atoms with Crippen LogP contribution in [0.2, 0.25) is 0 Å². The lowest BCUT2D eigenvalue weighted by atomic mass is 10.4. The van der Waals surface area contributed by atoms with E-state index < -0.39 is 0 Å². The lowest BCUT2D eigenvalue weighted by Crippen LogP contribution is -1.84. The number of hydrogen-bond donors (Lipinski definition) is 0. The molecule has 0 N–H and O–H groups in total. The first-order chi connectivity index (χ1) is 6.40. The van der Waals surface area contributed by atoms with Crippen LogP contribution in [0.3, 0.4) is 0 Å². The summed E-state index contributed by atoms with van der Waals surface area (Å²) in [7, 11) is 0. The predicted molar refractivity (Wildman–Crippen MR) is 48.5 cm³/mol. The number of rotatable bonds is 2. The summed E-state index contributed by atoms with van der Waals surface area (Å²) in [6, 6.07) is 0. The Balaban J connectivity index is 2.41. The number of aldehydes is 1. The molecule has 0 aliphatic heterocycles. The summed E-state index contributed by atoms with van der Waals surface area (Å²) in [5.74, 6) is 0. The highest BCUT2D eigenvalue weighted by atomic mass is 32.1. The summed E-state index contributed by atoms with van der Waals surface area (Å²) in [5, 5.41) is 2.41. The third-order valence-corrected chi connectivity index (χ3v) is 2.31. The van der Waals surface area contributed by atoms with Gasteiger partial charge >= 0.3 is 0 Å². The van der Waals surface area contributed by atoms with Crippen molar-refractivity contribution in [3.05, 3.63) is 29.7 Å². The van der Waals surface area contributed by atoms with Crippen molar-refractivity contribution in [1.82, 2.24) is 15.0 Å². The molecule has 0 atom stereocenters. The second-order valence-corrected chi connectivity index (χ2v) is 3.14. The maximum absolute atomic E-state index is 10.4. The highest BCUT2D eigenvalue weighted by Crippen LogP contribution is 2.19. The summed E-state index contributed by atoms with van der Waals surface area (Å²) in [5.41, 5.74) is 1.13. The predicted octanol–water partition coefficient (Wildman–Crippen LogP) is 1.41. The minimum absolute atomic E-state index is 0.436. The lowest BCUT2D eigenvalue weighted by Gasteiger charge is -1.90. The van der Waals surface area contributed by atoms with E-state index in [0.29, 0.717) is 11.4 Å². The molecule has 0 aromatic carbocycles. The second-order valence-electron chi connectivity index (χ2n) is 2.29. The maximum atomic E-state index is 10.4. The molecular formula is C8H5N3OS. The quantitative estimate of drug-likeness (QED) is 0.673. The number of carbonyl (C=O) groups is 1. The smallest absolute Gasteiger partial charge is 0.169 e. The molecule has 13 heavy (non-hydrogen) atoms. The zero-order valence-corrected chi connectivity index (χ0v) is 7.36. The van der Waals surface area contributed by atoms with Gasteiger partial charge in [0, 0.05) is 17.8 Å². The molecule has 0 unspecified atom stereocenters. The Kier molecular flexibility index (Phi) is 2.09. The molecule has 0 saturated heterocycles. The Hall–Kier alpha value is -1.62. The molecule has 2 rings (SSSR count). The summed E-state index contributed by atoms with van der Waals surface area (Å²) in [6.07, 6.45) is 5.53. The average molecular weight is 191 g/mol. The van der Waals surface area contributed by atoms with Gasteiger partial charge in [-0.25, -0.2) is 4.98 Å². The first-order valence-corrected chi connectivity index (χ1v) is 4.45. The minimum Gasteiger partial charge on any atom is -0.296 e. The van der Waals surface area contributed by atoms with Gasteiger partial charge in [-0.2, -0.15) is 0 Å². The summed E-state index contributed by atoms with van der Waals surface area (Å²) in [6.45, 7) is 0. The topological polar surface area (TPSA) is 55.7 Å². The van der Waals surface area contributed by atoms with E-state index in [9.17, 15) is 4.79 Å². The Morgan fingerprint density at radius 2 is 2.31 bits per heavy atom. The Morgan fingerprint density at radius 1 is 1.38 bits per heavy atom. The Morgan fingerprint density at radius 3 is 2.92 bits per heavy atom. The third kappa shape index (κ3) is 1.59. The van der Waals surface area contributed by atoms with Gasteiger partial charge in [0.25, 0.3) is 0 Å². The third-order valence-electron chi connectivity index (χ3n) is 1.42. The van der Waals surface area contributed by atoms with Gasteiger partial charge in [-0.15, -0.1) is 11.3 Å². The Labute approximate surface area is 78.3 Å². The fourth-order valence-electron chi connectivity index (χ4n) is 0.867. The van der Waals surface area contributed by atoms with Gasteiger partial charge in [0.1, 0.15) is 16.4 Å². The van der Waals surface area contributed by atoms with Crippen molar-refractivity contribution < 1.29 is 4.79 Å². The molecule has 64 valence electrons. The van der Waals surface area contributed by atoms with Gasteiger partial charge in [-0.05, 0) is 0 Å². The van der Waals surface area contributed by atoms with Crippen molar-refractivity contribution in [1.29, 1.82) is 0 Å². The van der Waals surface area contributed by atoms with Crippen LogP contribution >= 0.6 is 11.3 Å². The molecule has 0 spiro atoms. The molecule has 0 saturated carbocycles. The lowest BCUT2D eigenvalue weighted by molar-refractivity contribution is 0.111. The van der Waals surface area contributed by atoms with Gasteiger partial charge in [0.15, 0.2) is 6.29 Å². The molecule has 0 fully saturated rings. The number of carbonyl (C=O) groups excluding carboxylic acids is 1. The second kappa shape index (κ2) is 3.40. The van der Waals surface area contributed by atoms with Crippen molar-refractivity contribution in [3.8, 4) is 10.7 Å². The fourth-order valence-corrected chi connectivity index (χ4v) is 1.59. The fraction of sp³-hybridized carbons (Fsp3) is 0. The molecular weight excluding hydrogens is 186 g/mol. The van der Waals surface area contributed by atoms with E-state index in [1.165, 1.54) is 11.3 Å². The van der Waals surface area contributed by atoms with Crippen molar-refractivity contribution in [2.24, 2.45) is 0 Å². The van der Waals surface area contributed by atoms with Gasteiger partial charge in [0.05, 0.1) is 6.20 Å². The molecule has 0 radical (unpaired) electrons. The van der Waals surface area contributed by atoms with Crippen molar-refractivity contribution in [2.75, 3.05) is 0 Å². The number of nitrogens with zero attached hydrogens (tertiary/aromatic N) is 3. The van der Waals surface area contributed by atoms with E-state index in [1.54, 1.807) is 24.0 Å². The molecule has 2 aromatic heterocycles. The van der Waals surface area contributed by atoms with E-state index in [2.05, 4.69) is 15.0 Å². The number of thiazole rings is 1. The number of hydrogen-bond acceptors (Lipinski definition) is 5. The molecule has 0 aliphatic rings. The van der Waals surface area contributed by atoms with Crippen LogP contribution < -0.4 is 0 Å². The zero-order chi connectivity index (χ0) is 9.10. The van der Waals surface area contributed by atoms with E-state index in [1.807, 2.05) is 0 Å². The van der Waals surface area contributed by atoms with Crippen LogP contribution in [-0.2, 0) is 0 Å². The van der Waals surface area contributed by atoms with Gasteiger partial charge in [-0.1, -0.05) is 0 Å². The van der Waals surface area contributed by atoms with Crippen LogP contribution in [0.15, 0.2) is 24.0 Å². The summed E-state index contributed by atoms with van der Waals surface area (Å²) in [4.78, 5) is 22.4. The van der Waals surface area contributed by atoms with E-state index in [0.717, 1.165) is 11.3 Å². The van der Waals surface area contributed by atoms with Gasteiger partial charge < -0.3 is 0 Å². The van der Waals surface area contributed by atoms with Crippen LogP contribution in [0.25, 0.3) is 10.7 Å². The van der Waals surface area contributed by atoms with Crippen LogP contribution in [0, 0.1) is 0 Å². The zero-order valence-electron chi connectivity index (χ0n) is 6.54. The maximum Gasteiger partial charge on any atom is 0.169 e. The molecule has 0 bridgehead atoms. The van der Waals surface area contributed by atoms with Crippen molar-refractivity contribution in [3.63, 3.8) is 0 Å². The SMILES string of the molecule is O=Cc1csc(-c2cnccn2)n1. The molecule has 0 aliphatic carbocycles. The largest absolute Gasteiger partial charge is 0.296 e. The summed E-state index contributed by atoms with van der Waals surface area (Å²) < 4.78 is 0. The standard InChI is InChI=1S/C8H5N3OS/c12-4-6-5-13-8(11-6)7-3-9-1-2-10-7/h1-5H. The highest BCUT2D eigenvalue weighted by Gasteiger charge is 2.04. The molecule has 2 heterocycles. The first-order valence-electron chi connectivity index (χ1n) is 3.57. The van der Waals surface area contributed by atoms with Crippen LogP contribution in [-0.4, -0.2) is 21.2 Å². The molecule has 2 aromatic rings. The molecule has 0 amide bonds. The first kappa shape index (κ1) is 8.00. The van der Waals surface area contributed by atoms with E-state index in [-0.39, 0.29) is 0 Å². The monoisotopic (exact) mass is 191 g/mol. The van der Waals surface area contributed by atoms with E-state index in [4.69, 9.17) is 0 Å². The van der Waals surface area contributed by atoms with Crippen LogP contribution in [0.4, 0.5) is 0 Å². The Bertz CT molecular complexity index is 412. The van der Waals surface area contributed by atoms with E-state index >= 15 is 0 Å². The van der Waals surface area contributed by atoms with Crippen LogP contribution in [0.5, 0.6) is 0 Å². The molecule has 5 heteroatoms. The molecule has 4 nitrogen and oxygen atoms in total. The van der Waals surface area contributed by atoms with Gasteiger partial charge in [0.2, 0.25) is 0 Å². The normalized spacial score (nSPS) is 9.85. The van der Waals surface area contributed by atoms with Crippen LogP contribution in [0.1, 0.15) is 10.5 Å².